The molecule has 0 heterocycles. The lowest BCUT2D eigenvalue weighted by atomic mass is 10.3. The molecule has 7 heteroatoms. The van der Waals surface area contributed by atoms with Gasteiger partial charge in [-0.2, -0.15) is 0 Å². The first kappa shape index (κ1) is 21.6. The Balaban J connectivity index is 2.39. The zero-order valence-electron chi connectivity index (χ0n) is 15.5. The molecule has 0 spiro atoms. The molecule has 0 atom stereocenters. The van der Waals surface area contributed by atoms with Crippen LogP contribution in [0.25, 0.3) is 0 Å². The first-order chi connectivity index (χ1) is 13.5. The highest BCUT2D eigenvalue weighted by atomic mass is 79.9. The normalized spacial score (nSPS) is 10.8. The number of rotatable bonds is 6. The van der Waals surface area contributed by atoms with Gasteiger partial charge >= 0.3 is 0 Å². The Kier molecular flexibility index (Phi) is 7.43. The summed E-state index contributed by atoms with van der Waals surface area (Å²) in [5, 5.41) is 3.21. The Morgan fingerprint density at radius 2 is 0.821 bits per heavy atom. The molecule has 0 saturated heterocycles. The molecule has 0 aliphatic rings. The smallest absolute Gasteiger partial charge is 0.141 e. The van der Waals surface area contributed by atoms with Crippen LogP contribution >= 0.6 is 55.7 Å². The monoisotopic (exact) mass is 586 g/mol. The Morgan fingerprint density at radius 1 is 0.536 bits per heavy atom. The number of methoxy groups -OCH3 is 3. The van der Waals surface area contributed by atoms with E-state index < -0.39 is 7.92 Å². The van der Waals surface area contributed by atoms with E-state index in [9.17, 15) is 0 Å². The van der Waals surface area contributed by atoms with E-state index in [1.807, 2.05) is 36.4 Å². The zero-order valence-corrected chi connectivity index (χ0v) is 21.2. The highest BCUT2D eigenvalue weighted by Crippen LogP contribution is 2.46. The van der Waals surface area contributed by atoms with E-state index in [0.717, 1.165) is 46.6 Å². The van der Waals surface area contributed by atoms with Gasteiger partial charge in [-0.05, 0) is 73.9 Å². The summed E-state index contributed by atoms with van der Waals surface area (Å²) in [4.78, 5) is 0. The molecule has 28 heavy (non-hydrogen) atoms. The lowest BCUT2D eigenvalue weighted by Crippen LogP contribution is -2.25. The van der Waals surface area contributed by atoms with Crippen LogP contribution in [0.3, 0.4) is 0 Å². The van der Waals surface area contributed by atoms with Crippen molar-refractivity contribution in [3.63, 3.8) is 0 Å². The third-order valence-corrected chi connectivity index (χ3v) is 8.55. The lowest BCUT2D eigenvalue weighted by molar-refractivity contribution is 0.414. The van der Waals surface area contributed by atoms with Gasteiger partial charge in [0.1, 0.15) is 17.2 Å². The predicted molar refractivity (Wildman–Crippen MR) is 128 cm³/mol. The largest absolute Gasteiger partial charge is 0.495 e. The van der Waals surface area contributed by atoms with Crippen molar-refractivity contribution in [1.82, 2.24) is 0 Å². The minimum absolute atomic E-state index is 0.803. The van der Waals surface area contributed by atoms with Gasteiger partial charge in [0.25, 0.3) is 0 Å². The number of hydrogen-bond donors (Lipinski definition) is 0. The topological polar surface area (TPSA) is 27.7 Å². The van der Waals surface area contributed by atoms with Crippen molar-refractivity contribution in [3.8, 4) is 17.2 Å². The molecule has 3 rings (SSSR count). The van der Waals surface area contributed by atoms with Crippen molar-refractivity contribution in [2.75, 3.05) is 21.3 Å². The molecule has 0 unspecified atom stereocenters. The first-order valence-corrected chi connectivity index (χ1v) is 12.0. The highest BCUT2D eigenvalue weighted by Gasteiger charge is 2.28. The summed E-state index contributed by atoms with van der Waals surface area (Å²) in [5.74, 6) is 2.41. The van der Waals surface area contributed by atoms with Gasteiger partial charge in [-0.3, -0.25) is 0 Å². The Morgan fingerprint density at radius 3 is 1.07 bits per heavy atom. The fraction of sp³-hybridized carbons (Fsp3) is 0.143. The Bertz CT molecular complexity index is 867. The molecule has 3 nitrogen and oxygen atoms in total. The second-order valence-corrected chi connectivity index (χ2v) is 10.4. The number of benzene rings is 3. The second-order valence-electron chi connectivity index (χ2n) is 5.71. The molecule has 0 radical (unpaired) electrons. The minimum Gasteiger partial charge on any atom is -0.495 e. The van der Waals surface area contributed by atoms with Crippen molar-refractivity contribution in [3.05, 3.63) is 68.0 Å². The van der Waals surface area contributed by atoms with Gasteiger partial charge in [-0.15, -0.1) is 0 Å². The first-order valence-electron chi connectivity index (χ1n) is 8.31. The van der Waals surface area contributed by atoms with E-state index in [2.05, 4.69) is 66.0 Å². The summed E-state index contributed by atoms with van der Waals surface area (Å²) in [6.07, 6.45) is 0. The summed E-state index contributed by atoms with van der Waals surface area (Å²) in [6, 6.07) is 18.3. The van der Waals surface area contributed by atoms with E-state index in [-0.39, 0.29) is 0 Å². The van der Waals surface area contributed by atoms with Crippen molar-refractivity contribution < 1.29 is 14.2 Å². The third kappa shape index (κ3) is 4.11. The summed E-state index contributed by atoms with van der Waals surface area (Å²) in [5.41, 5.74) is 0. The number of ether oxygens (including phenoxy) is 3. The average molecular weight is 589 g/mol. The maximum absolute atomic E-state index is 5.77. The van der Waals surface area contributed by atoms with Crippen LogP contribution in [0.4, 0.5) is 0 Å². The van der Waals surface area contributed by atoms with Crippen molar-refractivity contribution in [1.29, 1.82) is 0 Å². The molecule has 0 saturated carbocycles. The van der Waals surface area contributed by atoms with Crippen LogP contribution in [0.5, 0.6) is 17.2 Å². The number of halogens is 3. The SMILES string of the molecule is COc1c(Br)cccc1P(c1cccc(Br)c1OC)c1cccc(Br)c1OC. The van der Waals surface area contributed by atoms with E-state index in [1.165, 1.54) is 0 Å². The average Bonchev–Trinajstić information content (AvgIpc) is 2.69. The summed E-state index contributed by atoms with van der Waals surface area (Å²) < 4.78 is 20.0. The van der Waals surface area contributed by atoms with Crippen LogP contribution in [0, 0.1) is 0 Å². The van der Waals surface area contributed by atoms with Gasteiger partial charge in [0, 0.05) is 15.9 Å². The van der Waals surface area contributed by atoms with E-state index in [4.69, 9.17) is 14.2 Å². The van der Waals surface area contributed by atoms with Crippen molar-refractivity contribution in [2.24, 2.45) is 0 Å². The fourth-order valence-electron chi connectivity index (χ4n) is 3.02. The van der Waals surface area contributed by atoms with Crippen LogP contribution in [-0.4, -0.2) is 21.3 Å². The van der Waals surface area contributed by atoms with Gasteiger partial charge in [-0.25, -0.2) is 0 Å². The molecule has 0 N–H and O–H groups in total. The van der Waals surface area contributed by atoms with Gasteiger partial charge in [0.2, 0.25) is 0 Å². The summed E-state index contributed by atoms with van der Waals surface area (Å²) >= 11 is 10.9. The van der Waals surface area contributed by atoms with Crippen LogP contribution in [0.1, 0.15) is 0 Å². The molecule has 146 valence electrons. The molecule has 0 bridgehead atoms. The quantitative estimate of drug-likeness (QED) is 0.343. The van der Waals surface area contributed by atoms with Crippen LogP contribution < -0.4 is 30.1 Å². The summed E-state index contributed by atoms with van der Waals surface area (Å²) in [6.45, 7) is 0. The van der Waals surface area contributed by atoms with E-state index in [1.54, 1.807) is 21.3 Å². The van der Waals surface area contributed by atoms with Gasteiger partial charge < -0.3 is 14.2 Å². The predicted octanol–water partition coefficient (Wildman–Crippen LogP) is 5.76. The van der Waals surface area contributed by atoms with Crippen LogP contribution in [0.2, 0.25) is 0 Å². The molecule has 0 aromatic heterocycles. The third-order valence-electron chi connectivity index (χ3n) is 4.17. The molecule has 3 aromatic carbocycles. The van der Waals surface area contributed by atoms with Crippen LogP contribution in [-0.2, 0) is 0 Å². The molecule has 0 aliphatic carbocycles. The lowest BCUT2D eigenvalue weighted by Gasteiger charge is -2.26. The zero-order chi connectivity index (χ0) is 20.3. The maximum atomic E-state index is 5.77. The van der Waals surface area contributed by atoms with E-state index in [0.29, 0.717) is 0 Å². The van der Waals surface area contributed by atoms with Gasteiger partial charge in [0.05, 0.1) is 34.7 Å². The maximum Gasteiger partial charge on any atom is 0.141 e. The second kappa shape index (κ2) is 9.62. The van der Waals surface area contributed by atoms with Crippen LogP contribution in [0.15, 0.2) is 68.0 Å². The molecular weight excluding hydrogens is 571 g/mol. The van der Waals surface area contributed by atoms with Gasteiger partial charge in [0.15, 0.2) is 0 Å². The molecular formula is C21H18Br3O3P. The molecule has 3 aromatic rings. The van der Waals surface area contributed by atoms with E-state index >= 15 is 0 Å². The number of para-hydroxylation sites is 3. The van der Waals surface area contributed by atoms with Crippen molar-refractivity contribution >= 4 is 71.6 Å². The molecule has 0 amide bonds. The molecule has 0 fully saturated rings. The Labute approximate surface area is 191 Å². The fourth-order valence-corrected chi connectivity index (χ4v) is 7.79. The van der Waals surface area contributed by atoms with Crippen molar-refractivity contribution in [2.45, 2.75) is 0 Å². The standard InChI is InChI=1S/C21H18Br3O3P/c1-25-19-13(22)7-4-10-16(19)28(17-11-5-8-14(23)20(17)26-2)18-12-6-9-15(24)21(18)27-3/h4-12H,1-3H3. The molecule has 0 aliphatic heterocycles. The Hall–Kier alpha value is -1.07. The van der Waals surface area contributed by atoms with Gasteiger partial charge in [-0.1, -0.05) is 36.4 Å². The minimum atomic E-state index is -1.04. The summed E-state index contributed by atoms with van der Waals surface area (Å²) in [7, 11) is 4.02. The number of hydrogen-bond acceptors (Lipinski definition) is 3. The highest BCUT2D eigenvalue weighted by molar-refractivity contribution is 9.11.